The Bertz CT molecular complexity index is 207. The second-order valence-corrected chi connectivity index (χ2v) is 4.94. The molecule has 54 valence electrons. The maximum Gasteiger partial charge on any atom is 0.113 e. The zero-order valence-electron chi connectivity index (χ0n) is 5.38. The van der Waals surface area contributed by atoms with Gasteiger partial charge in [-0.15, -0.1) is 0 Å². The van der Waals surface area contributed by atoms with Crippen molar-refractivity contribution in [1.29, 1.82) is 0 Å². The van der Waals surface area contributed by atoms with Crippen molar-refractivity contribution in [3.8, 4) is 0 Å². The molecule has 0 saturated carbocycles. The molecule has 0 N–H and O–H groups in total. The quantitative estimate of drug-likeness (QED) is 0.730. The number of aromatic nitrogens is 2. The van der Waals surface area contributed by atoms with Crippen LogP contribution in [-0.2, 0) is 0 Å². The zero-order chi connectivity index (χ0) is 7.56. The van der Waals surface area contributed by atoms with Gasteiger partial charge in [0.25, 0.3) is 0 Å². The lowest BCUT2D eigenvalue weighted by atomic mass is 10.4. The molecule has 1 heterocycles. The third-order valence-electron chi connectivity index (χ3n) is 1.02. The van der Waals surface area contributed by atoms with Crippen LogP contribution < -0.4 is 0 Å². The fourth-order valence-corrected chi connectivity index (χ4v) is 0.988. The minimum atomic E-state index is 0.105. The molecule has 4 heteroatoms. The molecule has 10 heavy (non-hydrogen) atoms. The van der Waals surface area contributed by atoms with Crippen molar-refractivity contribution in [2.24, 2.45) is 0 Å². The van der Waals surface area contributed by atoms with E-state index in [2.05, 4.69) is 41.8 Å². The lowest BCUT2D eigenvalue weighted by Crippen LogP contribution is -1.89. The normalized spacial score (nSPS) is 10.4. The number of halogens is 2. The number of nitrogens with zero attached hydrogens (tertiary/aromatic N) is 2. The van der Waals surface area contributed by atoms with Crippen molar-refractivity contribution < 1.29 is 0 Å². The van der Waals surface area contributed by atoms with Gasteiger partial charge in [0.2, 0.25) is 0 Å². The van der Waals surface area contributed by atoms with Crippen LogP contribution >= 0.6 is 31.9 Å². The van der Waals surface area contributed by atoms with E-state index in [1.807, 2.05) is 6.92 Å². The minimum absolute atomic E-state index is 0.105. The van der Waals surface area contributed by atoms with Crippen LogP contribution in [0.25, 0.3) is 0 Å². The highest BCUT2D eigenvalue weighted by Gasteiger charge is 2.02. The molecule has 0 aliphatic carbocycles. The first-order valence-corrected chi connectivity index (χ1v) is 4.60. The molecule has 0 aliphatic heterocycles. The number of aryl methyl sites for hydroxylation is 1. The smallest absolute Gasteiger partial charge is 0.113 e. The Morgan fingerprint density at radius 1 is 1.30 bits per heavy atom. The number of rotatable bonds is 1. The molecule has 0 amide bonds. The van der Waals surface area contributed by atoms with Crippen LogP contribution in [0.3, 0.4) is 0 Å². The van der Waals surface area contributed by atoms with Crippen LogP contribution in [0.4, 0.5) is 0 Å². The van der Waals surface area contributed by atoms with Crippen molar-refractivity contribution in [3.05, 3.63) is 23.8 Å². The molecule has 0 radical (unpaired) electrons. The van der Waals surface area contributed by atoms with E-state index in [1.165, 1.54) is 0 Å². The van der Waals surface area contributed by atoms with Gasteiger partial charge in [0, 0.05) is 6.20 Å². The monoisotopic (exact) mass is 264 g/mol. The van der Waals surface area contributed by atoms with Crippen LogP contribution in [0.15, 0.2) is 12.4 Å². The van der Waals surface area contributed by atoms with E-state index in [1.54, 1.807) is 12.4 Å². The second kappa shape index (κ2) is 3.44. The lowest BCUT2D eigenvalue weighted by Gasteiger charge is -1.98. The first kappa shape index (κ1) is 8.14. The predicted molar refractivity (Wildman–Crippen MR) is 47.4 cm³/mol. The summed E-state index contributed by atoms with van der Waals surface area (Å²) >= 11 is 6.64. The van der Waals surface area contributed by atoms with Gasteiger partial charge in [0.15, 0.2) is 0 Å². The Morgan fingerprint density at radius 3 is 2.40 bits per heavy atom. The molecule has 0 aliphatic rings. The highest BCUT2D eigenvalue weighted by Crippen LogP contribution is 2.26. The predicted octanol–water partition coefficient (Wildman–Crippen LogP) is 2.57. The van der Waals surface area contributed by atoms with E-state index < -0.39 is 0 Å². The molecule has 0 aromatic carbocycles. The molecule has 0 bridgehead atoms. The molecule has 0 spiro atoms. The Hall–Kier alpha value is 0.0400. The third kappa shape index (κ3) is 2.02. The average molecular weight is 266 g/mol. The molecule has 0 unspecified atom stereocenters. The van der Waals surface area contributed by atoms with Gasteiger partial charge in [-0.2, -0.15) is 0 Å². The first-order chi connectivity index (χ1) is 4.70. The van der Waals surface area contributed by atoms with Crippen LogP contribution in [0.2, 0.25) is 0 Å². The number of alkyl halides is 2. The molecule has 0 fully saturated rings. The SMILES string of the molecule is Cc1cnc(C(Br)Br)cn1. The second-order valence-electron chi connectivity index (χ2n) is 1.88. The summed E-state index contributed by atoms with van der Waals surface area (Å²) in [5.41, 5.74) is 1.83. The molecular weight excluding hydrogens is 260 g/mol. The van der Waals surface area contributed by atoms with Gasteiger partial charge in [-0.3, -0.25) is 9.97 Å². The van der Waals surface area contributed by atoms with Crippen LogP contribution in [-0.4, -0.2) is 9.97 Å². The van der Waals surface area contributed by atoms with Crippen LogP contribution in [0.1, 0.15) is 15.1 Å². The van der Waals surface area contributed by atoms with E-state index >= 15 is 0 Å². The molecule has 1 rings (SSSR count). The summed E-state index contributed by atoms with van der Waals surface area (Å²) in [6, 6.07) is 0. The molecular formula is C6H6Br2N2. The summed E-state index contributed by atoms with van der Waals surface area (Å²) in [6.45, 7) is 1.91. The van der Waals surface area contributed by atoms with Crippen LogP contribution in [0, 0.1) is 6.92 Å². The standard InChI is InChI=1S/C6H6Br2N2/c1-4-2-10-5(3-9-4)6(7)8/h2-3,6H,1H3. The van der Waals surface area contributed by atoms with Crippen molar-refractivity contribution in [2.75, 3.05) is 0 Å². The topological polar surface area (TPSA) is 25.8 Å². The Kier molecular flexibility index (Phi) is 2.80. The van der Waals surface area contributed by atoms with Crippen molar-refractivity contribution >= 4 is 31.9 Å². The van der Waals surface area contributed by atoms with E-state index in [-0.39, 0.29) is 3.74 Å². The molecule has 0 atom stereocenters. The number of hydrogen-bond donors (Lipinski definition) is 0. The molecule has 1 aromatic rings. The van der Waals surface area contributed by atoms with Gasteiger partial charge in [-0.25, -0.2) is 0 Å². The van der Waals surface area contributed by atoms with Crippen molar-refractivity contribution in [2.45, 2.75) is 10.7 Å². The van der Waals surface area contributed by atoms with Gasteiger partial charge in [0.05, 0.1) is 17.6 Å². The summed E-state index contributed by atoms with van der Waals surface area (Å²) in [4.78, 5) is 8.20. The van der Waals surface area contributed by atoms with Gasteiger partial charge < -0.3 is 0 Å². The average Bonchev–Trinajstić information content (AvgIpc) is 1.88. The minimum Gasteiger partial charge on any atom is -0.258 e. The Labute approximate surface area is 76.3 Å². The third-order valence-corrected chi connectivity index (χ3v) is 1.96. The lowest BCUT2D eigenvalue weighted by molar-refractivity contribution is 1.05. The summed E-state index contributed by atoms with van der Waals surface area (Å²) in [5.74, 6) is 0. The summed E-state index contributed by atoms with van der Waals surface area (Å²) in [7, 11) is 0. The molecule has 0 saturated heterocycles. The van der Waals surface area contributed by atoms with Gasteiger partial charge >= 0.3 is 0 Å². The first-order valence-electron chi connectivity index (χ1n) is 2.77. The van der Waals surface area contributed by atoms with Crippen LogP contribution in [0.5, 0.6) is 0 Å². The Balaban J connectivity index is 2.89. The summed E-state index contributed by atoms with van der Waals surface area (Å²) < 4.78 is 0.105. The van der Waals surface area contributed by atoms with E-state index in [0.29, 0.717) is 0 Å². The Morgan fingerprint density at radius 2 is 2.00 bits per heavy atom. The molecule has 2 nitrogen and oxygen atoms in total. The maximum atomic E-state index is 4.12. The highest BCUT2D eigenvalue weighted by atomic mass is 79.9. The highest BCUT2D eigenvalue weighted by molar-refractivity contribution is 9.24. The summed E-state index contributed by atoms with van der Waals surface area (Å²) in [5, 5.41) is 0. The van der Waals surface area contributed by atoms with Gasteiger partial charge in [-0.1, -0.05) is 31.9 Å². The van der Waals surface area contributed by atoms with E-state index in [9.17, 15) is 0 Å². The maximum absolute atomic E-state index is 4.12. The largest absolute Gasteiger partial charge is 0.258 e. The van der Waals surface area contributed by atoms with Gasteiger partial charge in [0.1, 0.15) is 3.74 Å². The number of hydrogen-bond acceptors (Lipinski definition) is 2. The zero-order valence-corrected chi connectivity index (χ0v) is 8.55. The molecule has 1 aromatic heterocycles. The summed E-state index contributed by atoms with van der Waals surface area (Å²) in [6.07, 6.45) is 3.48. The van der Waals surface area contributed by atoms with E-state index in [0.717, 1.165) is 11.4 Å². The van der Waals surface area contributed by atoms with Crippen molar-refractivity contribution in [3.63, 3.8) is 0 Å². The van der Waals surface area contributed by atoms with Crippen molar-refractivity contribution in [1.82, 2.24) is 9.97 Å². The fourth-order valence-electron chi connectivity index (χ4n) is 0.515. The van der Waals surface area contributed by atoms with Gasteiger partial charge in [-0.05, 0) is 6.92 Å². The fraction of sp³-hybridized carbons (Fsp3) is 0.333. The van der Waals surface area contributed by atoms with E-state index in [4.69, 9.17) is 0 Å².